The molecule has 0 saturated carbocycles. The van der Waals surface area contributed by atoms with E-state index < -0.39 is 12.6 Å². The molecule has 21 heteroatoms. The van der Waals surface area contributed by atoms with E-state index in [1.807, 2.05) is 49.5 Å². The van der Waals surface area contributed by atoms with Crippen LogP contribution in [0.25, 0.3) is 79.1 Å². The number of oxazole rings is 3. The van der Waals surface area contributed by atoms with Gasteiger partial charge < -0.3 is 32.2 Å². The van der Waals surface area contributed by atoms with E-state index in [0.717, 1.165) is 31.3 Å². The number of alkyl halides is 4. The van der Waals surface area contributed by atoms with E-state index in [1.54, 1.807) is 54.7 Å². The molecule has 11 rings (SSSR count). The third kappa shape index (κ3) is 8.35. The molecule has 15 nitrogen and oxygen atoms in total. The minimum absolute atomic E-state index is 0.0431. The van der Waals surface area contributed by atoms with Gasteiger partial charge in [-0.1, -0.05) is 44.0 Å². The largest absolute Gasteiger partial charge is 0.586 e. The van der Waals surface area contributed by atoms with Crippen molar-refractivity contribution in [2.45, 2.75) is 26.4 Å². The quantitative estimate of drug-likeness (QED) is 0.104. The van der Waals surface area contributed by atoms with Gasteiger partial charge in [0, 0.05) is 70.3 Å². The topological polar surface area (TPSA) is 168 Å². The van der Waals surface area contributed by atoms with Crippen molar-refractivity contribution in [1.82, 2.24) is 34.5 Å². The molecular weight excluding hydrogens is 1010 g/mol. The van der Waals surface area contributed by atoms with Gasteiger partial charge in [-0.2, -0.15) is 10.2 Å². The Hall–Kier alpha value is -7.52. The lowest BCUT2D eigenvalue weighted by Gasteiger charge is -2.10. The third-order valence-electron chi connectivity index (χ3n) is 10.4. The predicted molar refractivity (Wildman–Crippen MR) is 237 cm³/mol. The van der Waals surface area contributed by atoms with Crippen molar-refractivity contribution in [2.24, 2.45) is 14.1 Å². The zero-order valence-electron chi connectivity index (χ0n) is 35.0. The summed E-state index contributed by atoms with van der Waals surface area (Å²) >= 11 is 7.02. The maximum Gasteiger partial charge on any atom is 0.586 e. The fourth-order valence-electron chi connectivity index (χ4n) is 7.64. The molecule has 2 aliphatic rings. The maximum atomic E-state index is 13.5. The number of carbonyl (C=O) groups is 1. The van der Waals surface area contributed by atoms with E-state index in [1.165, 1.54) is 30.7 Å². The van der Waals surface area contributed by atoms with E-state index in [0.29, 0.717) is 80.5 Å². The fraction of sp³-hybridized carbons (Fsp3) is 0.130. The van der Waals surface area contributed by atoms with Crippen LogP contribution < -0.4 is 18.9 Å². The highest BCUT2D eigenvalue weighted by atomic mass is 79.9. The number of rotatable bonds is 8. The summed E-state index contributed by atoms with van der Waals surface area (Å²) in [5, 5.41) is 8.74. The van der Waals surface area contributed by atoms with Crippen molar-refractivity contribution in [1.29, 1.82) is 0 Å². The Kier molecular flexibility index (Phi) is 10.6. The summed E-state index contributed by atoms with van der Waals surface area (Å²) in [6.07, 6.45) is -3.80. The molecule has 2 aliphatic heterocycles. The number of nitrogens with zero attached hydrogens (tertiary/aromatic N) is 7. The molecule has 7 heterocycles. The first-order valence-electron chi connectivity index (χ1n) is 19.8. The van der Waals surface area contributed by atoms with Crippen molar-refractivity contribution in [2.75, 3.05) is 0 Å². The molecular formula is C46H29Br2F4N7O8. The van der Waals surface area contributed by atoms with Gasteiger partial charge in [-0.3, -0.25) is 14.2 Å². The SMILES string of the molecule is Cc1nc(-c2ccc3c(c2)OC(F)(F)O3)c(-c2cc(Br)ccc2-c2cc(-c3cnco3)nn2C)o1.Cc1nc(-c2ccc3c(c2)OC(F)(F)O3)c(-c2cc(Br)ccc2-c2cc(C=O)nn2C)o1. The van der Waals surface area contributed by atoms with Crippen molar-refractivity contribution in [3.8, 4) is 102 Å². The van der Waals surface area contributed by atoms with Crippen molar-refractivity contribution >= 4 is 38.1 Å². The van der Waals surface area contributed by atoms with Crippen LogP contribution in [0, 0.1) is 13.8 Å². The average molecular weight is 1040 g/mol. The molecule has 4 aromatic carbocycles. The predicted octanol–water partition coefficient (Wildman–Crippen LogP) is 12.1. The number of aryl methyl sites for hydroxylation is 4. The number of ether oxygens (including phenoxy) is 4. The third-order valence-corrected chi connectivity index (χ3v) is 11.4. The molecule has 0 spiro atoms. The number of hydrogen-bond donors (Lipinski definition) is 0. The minimum Gasteiger partial charge on any atom is -0.442 e. The minimum atomic E-state index is -3.71. The van der Waals surface area contributed by atoms with Gasteiger partial charge in [-0.05, 0) is 72.8 Å². The summed E-state index contributed by atoms with van der Waals surface area (Å²) in [5.41, 5.74) is 7.35. The van der Waals surface area contributed by atoms with Crippen LogP contribution in [0.4, 0.5) is 17.6 Å². The Morgan fingerprint density at radius 3 is 1.57 bits per heavy atom. The zero-order chi connectivity index (χ0) is 46.9. The van der Waals surface area contributed by atoms with Crippen LogP contribution >= 0.6 is 31.9 Å². The van der Waals surface area contributed by atoms with Gasteiger partial charge in [0.2, 0.25) is 0 Å². The second kappa shape index (κ2) is 16.4. The van der Waals surface area contributed by atoms with E-state index >= 15 is 0 Å². The first kappa shape index (κ1) is 43.4. The second-order valence-electron chi connectivity index (χ2n) is 15.0. The summed E-state index contributed by atoms with van der Waals surface area (Å²) in [6.45, 7) is 3.41. The highest BCUT2D eigenvalue weighted by Crippen LogP contribution is 2.48. The summed E-state index contributed by atoms with van der Waals surface area (Å²) in [6, 6.07) is 23.8. The summed E-state index contributed by atoms with van der Waals surface area (Å²) < 4.78 is 94.5. The van der Waals surface area contributed by atoms with Crippen LogP contribution in [0.3, 0.4) is 0 Å². The van der Waals surface area contributed by atoms with Crippen LogP contribution in [0.15, 0.2) is 120 Å². The smallest absolute Gasteiger partial charge is 0.442 e. The van der Waals surface area contributed by atoms with E-state index in [2.05, 4.69) is 76.0 Å². The lowest BCUT2D eigenvalue weighted by molar-refractivity contribution is -0.287. The first-order chi connectivity index (χ1) is 32.0. The molecule has 67 heavy (non-hydrogen) atoms. The fourth-order valence-corrected chi connectivity index (χ4v) is 8.36. The average Bonchev–Trinajstić information content (AvgIpc) is 4.15. The highest BCUT2D eigenvalue weighted by molar-refractivity contribution is 9.10. The van der Waals surface area contributed by atoms with E-state index in [-0.39, 0.29) is 23.0 Å². The summed E-state index contributed by atoms with van der Waals surface area (Å²) in [5.74, 6) is 1.98. The Morgan fingerprint density at radius 2 is 1.09 bits per heavy atom. The number of fused-ring (bicyclic) bond motifs is 2. The maximum absolute atomic E-state index is 13.5. The molecule has 0 N–H and O–H groups in total. The van der Waals surface area contributed by atoms with Crippen LogP contribution in [0.2, 0.25) is 0 Å². The van der Waals surface area contributed by atoms with Gasteiger partial charge >= 0.3 is 12.6 Å². The van der Waals surface area contributed by atoms with Gasteiger partial charge in [0.15, 0.2) is 64.7 Å². The molecule has 5 aromatic heterocycles. The first-order valence-corrected chi connectivity index (χ1v) is 21.4. The molecule has 9 aromatic rings. The summed E-state index contributed by atoms with van der Waals surface area (Å²) in [7, 11) is 3.56. The van der Waals surface area contributed by atoms with Gasteiger partial charge in [-0.15, -0.1) is 17.6 Å². The van der Waals surface area contributed by atoms with Crippen LogP contribution in [0.5, 0.6) is 23.0 Å². The van der Waals surface area contributed by atoms with Crippen LogP contribution in [0.1, 0.15) is 22.3 Å². The number of hydrogen-bond acceptors (Lipinski definition) is 13. The second-order valence-corrected chi connectivity index (χ2v) is 16.8. The normalized spacial score (nSPS) is 14.0. The molecule has 338 valence electrons. The van der Waals surface area contributed by atoms with Crippen molar-refractivity contribution in [3.63, 3.8) is 0 Å². The standard InChI is InChI=1S/C24H15BrF2N4O4.C22H14BrF2N3O4/c1-12-29-22(13-3-6-19-20(7-13)35-24(26,27)34-19)23(33-12)16-8-14(25)4-5-15(16)18-9-17(30-31(18)2)21-10-28-11-32-21;1-11-26-20(12-3-6-18-19(7-12)32-22(24,25)31-18)21(30-11)16-8-13(23)4-5-15(16)17-9-14(10-29)27-28(17)2/h3-11H,1-2H3;3-10H,1-2H3. The van der Waals surface area contributed by atoms with Gasteiger partial charge in [0.1, 0.15) is 22.8 Å². The number of aromatic nitrogens is 7. The Balaban J connectivity index is 0.000000157. The number of halogens is 6. The molecule has 0 saturated heterocycles. The molecule has 0 amide bonds. The summed E-state index contributed by atoms with van der Waals surface area (Å²) in [4.78, 5) is 24.2. The Bertz CT molecular complexity index is 3400. The number of benzene rings is 4. The Morgan fingerprint density at radius 1 is 0.597 bits per heavy atom. The monoisotopic (exact) mass is 1040 g/mol. The molecule has 0 radical (unpaired) electrons. The zero-order valence-corrected chi connectivity index (χ0v) is 38.2. The Labute approximate surface area is 392 Å². The van der Waals surface area contributed by atoms with Crippen LogP contribution in [-0.4, -0.2) is 53.4 Å². The van der Waals surface area contributed by atoms with Crippen LogP contribution in [-0.2, 0) is 14.1 Å². The number of aldehydes is 1. The molecule has 0 aliphatic carbocycles. The lowest BCUT2D eigenvalue weighted by Crippen LogP contribution is -2.25. The highest BCUT2D eigenvalue weighted by Gasteiger charge is 2.44. The van der Waals surface area contributed by atoms with Gasteiger partial charge in [0.05, 0.1) is 17.6 Å². The van der Waals surface area contributed by atoms with Crippen molar-refractivity contribution in [3.05, 3.63) is 124 Å². The van der Waals surface area contributed by atoms with E-state index in [4.69, 9.17) is 13.3 Å². The number of carbonyl (C=O) groups excluding carboxylic acids is 1. The lowest BCUT2D eigenvalue weighted by atomic mass is 9.98. The van der Waals surface area contributed by atoms with E-state index in [9.17, 15) is 22.4 Å². The van der Waals surface area contributed by atoms with Crippen molar-refractivity contribution < 1.29 is 54.6 Å². The molecule has 0 fully saturated rings. The van der Waals surface area contributed by atoms with Gasteiger partial charge in [-0.25, -0.2) is 15.0 Å². The van der Waals surface area contributed by atoms with Gasteiger partial charge in [0.25, 0.3) is 0 Å². The molecule has 0 atom stereocenters. The molecule has 0 bridgehead atoms. The molecule has 0 unspecified atom stereocenters.